The Morgan fingerprint density at radius 2 is 2.24 bits per heavy atom. The summed E-state index contributed by atoms with van der Waals surface area (Å²) in [6.45, 7) is 0.364. The molecular weight excluding hydrogens is 214 g/mol. The number of para-hydroxylation sites is 1. The van der Waals surface area contributed by atoms with E-state index in [0.29, 0.717) is 24.5 Å². The van der Waals surface area contributed by atoms with E-state index >= 15 is 0 Å². The van der Waals surface area contributed by atoms with Crippen LogP contribution in [0, 0.1) is 12.3 Å². The predicted octanol–water partition coefficient (Wildman–Crippen LogP) is 2.45. The molecule has 3 heteroatoms. The van der Waals surface area contributed by atoms with Crippen molar-refractivity contribution in [2.45, 2.75) is 6.42 Å². The van der Waals surface area contributed by atoms with Crippen LogP contribution in [0.1, 0.15) is 16.8 Å². The van der Waals surface area contributed by atoms with Crippen LogP contribution in [-0.2, 0) is 0 Å². The van der Waals surface area contributed by atoms with Gasteiger partial charge in [-0.25, -0.2) is 4.98 Å². The molecule has 0 bridgehead atoms. The van der Waals surface area contributed by atoms with Crippen molar-refractivity contribution in [2.75, 3.05) is 6.61 Å². The minimum absolute atomic E-state index is 0.342. The van der Waals surface area contributed by atoms with Gasteiger partial charge in [0.15, 0.2) is 6.29 Å². The van der Waals surface area contributed by atoms with Gasteiger partial charge in [0.05, 0.1) is 11.1 Å². The second-order valence-corrected chi connectivity index (χ2v) is 3.50. The highest BCUT2D eigenvalue weighted by Crippen LogP contribution is 2.20. The Labute approximate surface area is 99.4 Å². The fourth-order valence-corrected chi connectivity index (χ4v) is 1.52. The zero-order chi connectivity index (χ0) is 12.1. The van der Waals surface area contributed by atoms with Crippen LogP contribution >= 0.6 is 0 Å². The number of terminal acetylenes is 1. The number of aldehydes is 1. The quantitative estimate of drug-likeness (QED) is 0.456. The molecule has 0 fully saturated rings. The third kappa shape index (κ3) is 2.43. The first-order valence-corrected chi connectivity index (χ1v) is 5.26. The van der Waals surface area contributed by atoms with E-state index in [1.165, 1.54) is 0 Å². The SMILES string of the molecule is C#CCCOc1nc2ccccc2cc1C=O. The zero-order valence-electron chi connectivity index (χ0n) is 9.22. The smallest absolute Gasteiger partial charge is 0.224 e. The van der Waals surface area contributed by atoms with Gasteiger partial charge in [0.2, 0.25) is 5.88 Å². The van der Waals surface area contributed by atoms with Crippen molar-refractivity contribution in [3.8, 4) is 18.2 Å². The maximum absolute atomic E-state index is 10.9. The average molecular weight is 225 g/mol. The van der Waals surface area contributed by atoms with Crippen molar-refractivity contribution in [2.24, 2.45) is 0 Å². The van der Waals surface area contributed by atoms with Gasteiger partial charge in [-0.2, -0.15) is 0 Å². The summed E-state index contributed by atoms with van der Waals surface area (Å²) in [5.74, 6) is 2.81. The van der Waals surface area contributed by atoms with Gasteiger partial charge >= 0.3 is 0 Å². The monoisotopic (exact) mass is 225 g/mol. The summed E-state index contributed by atoms with van der Waals surface area (Å²) in [7, 11) is 0. The minimum Gasteiger partial charge on any atom is -0.476 e. The fraction of sp³-hybridized carbons (Fsp3) is 0.143. The van der Waals surface area contributed by atoms with E-state index in [1.54, 1.807) is 6.07 Å². The number of rotatable bonds is 4. The number of carbonyl (C=O) groups is 1. The molecule has 17 heavy (non-hydrogen) atoms. The molecule has 0 unspecified atom stereocenters. The number of ether oxygens (including phenoxy) is 1. The summed E-state index contributed by atoms with van der Waals surface area (Å²) >= 11 is 0. The lowest BCUT2D eigenvalue weighted by molar-refractivity contribution is 0.111. The summed E-state index contributed by atoms with van der Waals surface area (Å²) in [6.07, 6.45) is 6.37. The number of aromatic nitrogens is 1. The molecular formula is C14H11NO2. The second-order valence-electron chi connectivity index (χ2n) is 3.50. The van der Waals surface area contributed by atoms with E-state index in [9.17, 15) is 4.79 Å². The molecule has 0 saturated carbocycles. The molecule has 0 atom stereocenters. The average Bonchev–Trinajstić information content (AvgIpc) is 2.38. The van der Waals surface area contributed by atoms with Crippen LogP contribution in [0.3, 0.4) is 0 Å². The van der Waals surface area contributed by atoms with Crippen LogP contribution < -0.4 is 4.74 Å². The molecule has 0 saturated heterocycles. The number of nitrogens with zero attached hydrogens (tertiary/aromatic N) is 1. The van der Waals surface area contributed by atoms with E-state index in [-0.39, 0.29) is 0 Å². The number of hydrogen-bond acceptors (Lipinski definition) is 3. The third-order valence-corrected chi connectivity index (χ3v) is 2.33. The lowest BCUT2D eigenvalue weighted by Gasteiger charge is -2.07. The van der Waals surface area contributed by atoms with Crippen LogP contribution in [0.25, 0.3) is 10.9 Å². The van der Waals surface area contributed by atoms with Gasteiger partial charge in [-0.05, 0) is 12.1 Å². The number of fused-ring (bicyclic) bond motifs is 1. The first-order chi connectivity index (χ1) is 8.35. The highest BCUT2D eigenvalue weighted by atomic mass is 16.5. The standard InChI is InChI=1S/C14H11NO2/c1-2-3-8-17-14-12(10-16)9-11-6-4-5-7-13(11)15-14/h1,4-7,9-10H,3,8H2. The van der Waals surface area contributed by atoms with Crippen molar-refractivity contribution in [1.82, 2.24) is 4.98 Å². The largest absolute Gasteiger partial charge is 0.476 e. The van der Waals surface area contributed by atoms with Gasteiger partial charge in [0.25, 0.3) is 0 Å². The van der Waals surface area contributed by atoms with Crippen LogP contribution in [0.4, 0.5) is 0 Å². The Bertz CT molecular complexity index is 584. The van der Waals surface area contributed by atoms with Crippen LogP contribution in [0.2, 0.25) is 0 Å². The summed E-state index contributed by atoms with van der Waals surface area (Å²) in [5, 5.41) is 0.916. The second kappa shape index (κ2) is 5.13. The van der Waals surface area contributed by atoms with Gasteiger partial charge in [-0.15, -0.1) is 12.3 Å². The summed E-state index contributed by atoms with van der Waals surface area (Å²) in [5.41, 5.74) is 1.24. The highest BCUT2D eigenvalue weighted by molar-refractivity contribution is 5.88. The topological polar surface area (TPSA) is 39.2 Å². The Balaban J connectivity index is 2.39. The van der Waals surface area contributed by atoms with Crippen molar-refractivity contribution in [3.63, 3.8) is 0 Å². The summed E-state index contributed by atoms with van der Waals surface area (Å²) in [4.78, 5) is 15.2. The zero-order valence-corrected chi connectivity index (χ0v) is 9.22. The van der Waals surface area contributed by atoms with Gasteiger partial charge in [0, 0.05) is 11.8 Å². The molecule has 84 valence electrons. The predicted molar refractivity (Wildman–Crippen MR) is 66.1 cm³/mol. The van der Waals surface area contributed by atoms with Crippen LogP contribution in [-0.4, -0.2) is 17.9 Å². The number of benzene rings is 1. The molecule has 2 rings (SSSR count). The van der Waals surface area contributed by atoms with E-state index in [4.69, 9.17) is 11.2 Å². The Morgan fingerprint density at radius 1 is 1.41 bits per heavy atom. The maximum atomic E-state index is 10.9. The lowest BCUT2D eigenvalue weighted by Crippen LogP contribution is -2.01. The maximum Gasteiger partial charge on any atom is 0.224 e. The molecule has 0 amide bonds. The van der Waals surface area contributed by atoms with E-state index in [2.05, 4.69) is 10.9 Å². The molecule has 1 aromatic carbocycles. The van der Waals surface area contributed by atoms with Crippen LogP contribution in [0.5, 0.6) is 5.88 Å². The Hall–Kier alpha value is -2.34. The Kier molecular flexibility index (Phi) is 3.37. The normalized spacial score (nSPS) is 9.82. The van der Waals surface area contributed by atoms with Crippen molar-refractivity contribution in [1.29, 1.82) is 0 Å². The first kappa shape index (κ1) is 11.2. The first-order valence-electron chi connectivity index (χ1n) is 5.26. The molecule has 0 spiro atoms. The molecule has 0 aliphatic heterocycles. The van der Waals surface area contributed by atoms with Crippen molar-refractivity contribution in [3.05, 3.63) is 35.9 Å². The number of hydrogen-bond donors (Lipinski definition) is 0. The van der Waals surface area contributed by atoms with E-state index < -0.39 is 0 Å². The molecule has 1 aromatic heterocycles. The van der Waals surface area contributed by atoms with Crippen LogP contribution in [0.15, 0.2) is 30.3 Å². The van der Waals surface area contributed by atoms with E-state index in [0.717, 1.165) is 17.2 Å². The Morgan fingerprint density at radius 3 is 3.00 bits per heavy atom. The highest BCUT2D eigenvalue weighted by Gasteiger charge is 2.06. The fourth-order valence-electron chi connectivity index (χ4n) is 1.52. The summed E-state index contributed by atoms with van der Waals surface area (Å²) in [6, 6.07) is 9.33. The lowest BCUT2D eigenvalue weighted by atomic mass is 10.1. The third-order valence-electron chi connectivity index (χ3n) is 2.33. The molecule has 0 aliphatic carbocycles. The van der Waals surface area contributed by atoms with Gasteiger partial charge < -0.3 is 4.74 Å². The summed E-state index contributed by atoms with van der Waals surface area (Å²) < 4.78 is 5.39. The molecule has 0 aliphatic rings. The molecule has 3 nitrogen and oxygen atoms in total. The molecule has 0 N–H and O–H groups in total. The van der Waals surface area contributed by atoms with Gasteiger partial charge in [0.1, 0.15) is 6.61 Å². The van der Waals surface area contributed by atoms with Crippen molar-refractivity contribution >= 4 is 17.2 Å². The number of pyridine rings is 1. The molecule has 2 aromatic rings. The molecule has 0 radical (unpaired) electrons. The molecule has 1 heterocycles. The van der Waals surface area contributed by atoms with Crippen molar-refractivity contribution < 1.29 is 9.53 Å². The number of carbonyl (C=O) groups excluding carboxylic acids is 1. The van der Waals surface area contributed by atoms with Gasteiger partial charge in [-0.1, -0.05) is 18.2 Å². The van der Waals surface area contributed by atoms with Gasteiger partial charge in [-0.3, -0.25) is 4.79 Å². The van der Waals surface area contributed by atoms with E-state index in [1.807, 2.05) is 24.3 Å². The minimum atomic E-state index is 0.342.